The first kappa shape index (κ1) is 13.8. The van der Waals surface area contributed by atoms with E-state index in [1.807, 2.05) is 26.0 Å². The van der Waals surface area contributed by atoms with Crippen molar-refractivity contribution < 1.29 is 4.79 Å². The van der Waals surface area contributed by atoms with Crippen LogP contribution < -0.4 is 5.32 Å². The van der Waals surface area contributed by atoms with E-state index >= 15 is 0 Å². The Bertz CT molecular complexity index is 776. The number of carbonyl (C=O) groups is 1. The zero-order chi connectivity index (χ0) is 14.8. The van der Waals surface area contributed by atoms with Crippen molar-refractivity contribution in [3.05, 3.63) is 35.5 Å². The van der Waals surface area contributed by atoms with E-state index in [4.69, 9.17) is 0 Å². The van der Waals surface area contributed by atoms with E-state index in [-0.39, 0.29) is 12.5 Å². The molecule has 108 valence electrons. The van der Waals surface area contributed by atoms with Gasteiger partial charge in [0.1, 0.15) is 6.54 Å². The van der Waals surface area contributed by atoms with Crippen molar-refractivity contribution in [2.45, 2.75) is 20.4 Å². The summed E-state index contributed by atoms with van der Waals surface area (Å²) < 4.78 is 1.67. The number of nitrogens with one attached hydrogen (secondary N) is 1. The predicted molar refractivity (Wildman–Crippen MR) is 84.3 cm³/mol. The van der Waals surface area contributed by atoms with Crippen molar-refractivity contribution >= 4 is 28.3 Å². The molecule has 0 aliphatic heterocycles. The van der Waals surface area contributed by atoms with Crippen molar-refractivity contribution in [2.24, 2.45) is 0 Å². The fraction of sp³-hybridized carbons (Fsp3) is 0.267. The molecule has 6 heteroatoms. The summed E-state index contributed by atoms with van der Waals surface area (Å²) in [5.74, 6) is -0.0507. The zero-order valence-corrected chi connectivity index (χ0v) is 12.8. The van der Waals surface area contributed by atoms with Crippen molar-refractivity contribution in [3.63, 3.8) is 0 Å². The van der Waals surface area contributed by atoms with Crippen LogP contribution in [0.15, 0.2) is 29.8 Å². The molecule has 0 saturated carbocycles. The van der Waals surface area contributed by atoms with Crippen LogP contribution in [0.1, 0.15) is 12.6 Å². The van der Waals surface area contributed by atoms with Gasteiger partial charge in [0.25, 0.3) is 0 Å². The fourth-order valence-electron chi connectivity index (χ4n) is 2.42. The number of aryl methyl sites for hydroxylation is 1. The van der Waals surface area contributed by atoms with Crippen LogP contribution in [0.3, 0.4) is 0 Å². The lowest BCUT2D eigenvalue weighted by Gasteiger charge is -2.04. The van der Waals surface area contributed by atoms with Gasteiger partial charge in [0.05, 0.1) is 11.1 Å². The van der Waals surface area contributed by atoms with Crippen LogP contribution in [0.25, 0.3) is 21.5 Å². The summed E-state index contributed by atoms with van der Waals surface area (Å²) in [7, 11) is 0. The van der Waals surface area contributed by atoms with Gasteiger partial charge in [-0.2, -0.15) is 5.10 Å². The Balaban J connectivity index is 2.10. The highest BCUT2D eigenvalue weighted by Gasteiger charge is 2.15. The first-order chi connectivity index (χ1) is 10.2. The molecule has 0 radical (unpaired) electrons. The monoisotopic (exact) mass is 300 g/mol. The quantitative estimate of drug-likeness (QED) is 0.805. The highest BCUT2D eigenvalue weighted by atomic mass is 32.1. The number of hydrogen-bond acceptors (Lipinski definition) is 4. The van der Waals surface area contributed by atoms with Gasteiger partial charge in [0.2, 0.25) is 5.91 Å². The molecule has 0 bridgehead atoms. The largest absolute Gasteiger partial charge is 0.355 e. The number of fused-ring (bicyclic) bond motifs is 1. The van der Waals surface area contributed by atoms with Gasteiger partial charge in [-0.3, -0.25) is 4.79 Å². The smallest absolute Gasteiger partial charge is 0.241 e. The molecular weight excluding hydrogens is 284 g/mol. The van der Waals surface area contributed by atoms with Crippen LogP contribution in [0.5, 0.6) is 0 Å². The van der Waals surface area contributed by atoms with Crippen molar-refractivity contribution in [1.82, 2.24) is 20.1 Å². The number of carbonyl (C=O) groups excluding carboxylic acids is 1. The number of pyridine rings is 1. The second kappa shape index (κ2) is 5.65. The molecule has 0 saturated heterocycles. The second-order valence-electron chi connectivity index (χ2n) is 4.73. The summed E-state index contributed by atoms with van der Waals surface area (Å²) in [4.78, 5) is 17.4. The van der Waals surface area contributed by atoms with Gasteiger partial charge < -0.3 is 5.32 Å². The minimum Gasteiger partial charge on any atom is -0.355 e. The first-order valence-corrected chi connectivity index (χ1v) is 7.71. The number of rotatable bonds is 4. The van der Waals surface area contributed by atoms with E-state index in [2.05, 4.69) is 26.8 Å². The van der Waals surface area contributed by atoms with Gasteiger partial charge in [-0.25, -0.2) is 9.67 Å². The molecule has 0 aromatic carbocycles. The van der Waals surface area contributed by atoms with Crippen LogP contribution in [0.2, 0.25) is 0 Å². The van der Waals surface area contributed by atoms with E-state index < -0.39 is 0 Å². The Morgan fingerprint density at radius 1 is 1.43 bits per heavy atom. The molecule has 1 N–H and O–H groups in total. The molecule has 0 atom stereocenters. The normalized spacial score (nSPS) is 11.0. The highest BCUT2D eigenvalue weighted by molar-refractivity contribution is 7.13. The zero-order valence-electron chi connectivity index (χ0n) is 12.0. The average molecular weight is 300 g/mol. The third kappa shape index (κ3) is 2.54. The Kier molecular flexibility index (Phi) is 3.70. The van der Waals surface area contributed by atoms with Gasteiger partial charge in [0.15, 0.2) is 5.65 Å². The van der Waals surface area contributed by atoms with Crippen LogP contribution in [0, 0.1) is 6.92 Å². The van der Waals surface area contributed by atoms with Crippen molar-refractivity contribution in [3.8, 4) is 10.4 Å². The maximum Gasteiger partial charge on any atom is 0.241 e. The van der Waals surface area contributed by atoms with Crippen LogP contribution in [-0.4, -0.2) is 27.2 Å². The summed E-state index contributed by atoms with van der Waals surface area (Å²) >= 11 is 1.69. The molecule has 5 nitrogen and oxygen atoms in total. The SMILES string of the molecule is CCNC(=O)Cn1nc(C)c2c(-c3cccs3)ccnc21. The highest BCUT2D eigenvalue weighted by Crippen LogP contribution is 2.32. The van der Waals surface area contributed by atoms with Crippen LogP contribution in [0.4, 0.5) is 0 Å². The molecule has 3 rings (SSSR count). The predicted octanol–water partition coefficient (Wildman–Crippen LogP) is 2.60. The van der Waals surface area contributed by atoms with E-state index in [0.717, 1.165) is 22.3 Å². The van der Waals surface area contributed by atoms with E-state index in [1.165, 1.54) is 4.88 Å². The minimum atomic E-state index is -0.0507. The Morgan fingerprint density at radius 2 is 2.29 bits per heavy atom. The Morgan fingerprint density at radius 3 is 3.00 bits per heavy atom. The summed E-state index contributed by atoms with van der Waals surface area (Å²) in [6, 6.07) is 6.11. The molecule has 3 aromatic heterocycles. The molecule has 0 unspecified atom stereocenters. The molecule has 0 aliphatic rings. The van der Waals surface area contributed by atoms with Crippen LogP contribution in [-0.2, 0) is 11.3 Å². The van der Waals surface area contributed by atoms with Crippen molar-refractivity contribution in [1.29, 1.82) is 0 Å². The lowest BCUT2D eigenvalue weighted by Crippen LogP contribution is -2.27. The maximum absolute atomic E-state index is 11.8. The van der Waals surface area contributed by atoms with Crippen LogP contribution >= 0.6 is 11.3 Å². The average Bonchev–Trinajstić information content (AvgIpc) is 3.09. The van der Waals surface area contributed by atoms with E-state index in [0.29, 0.717) is 6.54 Å². The maximum atomic E-state index is 11.8. The number of amides is 1. The number of nitrogens with zero attached hydrogens (tertiary/aromatic N) is 3. The number of likely N-dealkylation sites (N-methyl/N-ethyl adjacent to an activating group) is 1. The van der Waals surface area contributed by atoms with Gasteiger partial charge in [-0.05, 0) is 31.4 Å². The fourth-order valence-corrected chi connectivity index (χ4v) is 3.18. The topological polar surface area (TPSA) is 59.8 Å². The molecule has 0 aliphatic carbocycles. The molecule has 21 heavy (non-hydrogen) atoms. The van der Waals surface area contributed by atoms with Gasteiger partial charge in [-0.15, -0.1) is 11.3 Å². The number of thiophene rings is 1. The third-order valence-electron chi connectivity index (χ3n) is 3.26. The van der Waals surface area contributed by atoms with Gasteiger partial charge >= 0.3 is 0 Å². The standard InChI is InChI=1S/C15H16N4OS/c1-3-16-13(20)9-19-15-14(10(2)18-19)11(6-7-17-15)12-5-4-8-21-12/h4-8H,3,9H2,1-2H3,(H,16,20). The van der Waals surface area contributed by atoms with Crippen molar-refractivity contribution in [2.75, 3.05) is 6.54 Å². The van der Waals surface area contributed by atoms with Gasteiger partial charge in [0, 0.05) is 23.2 Å². The Labute approximate surface area is 126 Å². The van der Waals surface area contributed by atoms with E-state index in [1.54, 1.807) is 22.2 Å². The third-order valence-corrected chi connectivity index (χ3v) is 4.17. The second-order valence-corrected chi connectivity index (χ2v) is 5.68. The van der Waals surface area contributed by atoms with Gasteiger partial charge in [-0.1, -0.05) is 6.07 Å². The van der Waals surface area contributed by atoms with E-state index in [9.17, 15) is 4.79 Å². The first-order valence-electron chi connectivity index (χ1n) is 6.83. The molecule has 3 aromatic rings. The lowest BCUT2D eigenvalue weighted by molar-refractivity contribution is -0.121. The summed E-state index contributed by atoms with van der Waals surface area (Å²) in [5.41, 5.74) is 2.77. The summed E-state index contributed by atoms with van der Waals surface area (Å²) in [6.45, 7) is 4.66. The Hall–Kier alpha value is -2.21. The molecular formula is C15H16N4OS. The molecule has 1 amide bonds. The lowest BCUT2D eigenvalue weighted by atomic mass is 10.1. The molecule has 0 fully saturated rings. The molecule has 3 heterocycles. The minimum absolute atomic E-state index is 0.0507. The summed E-state index contributed by atoms with van der Waals surface area (Å²) in [6.07, 6.45) is 1.77. The number of hydrogen-bond donors (Lipinski definition) is 1. The number of aromatic nitrogens is 3. The molecule has 0 spiro atoms. The summed E-state index contributed by atoms with van der Waals surface area (Å²) in [5, 5.41) is 10.3.